The zero-order chi connectivity index (χ0) is 16.1. The summed E-state index contributed by atoms with van der Waals surface area (Å²) >= 11 is 3.56. The van der Waals surface area contributed by atoms with Crippen LogP contribution in [-0.2, 0) is 0 Å². The maximum Gasteiger partial charge on any atom is 0.0864 e. The van der Waals surface area contributed by atoms with Crippen molar-refractivity contribution >= 4 is 32.5 Å². The van der Waals surface area contributed by atoms with Crippen molar-refractivity contribution in [2.45, 2.75) is 18.9 Å². The lowest BCUT2D eigenvalue weighted by atomic mass is 10.0. The quantitative estimate of drug-likeness (QED) is 0.646. The van der Waals surface area contributed by atoms with Gasteiger partial charge in [-0.3, -0.25) is 4.98 Å². The first-order valence-electron chi connectivity index (χ1n) is 7.75. The Hall–Kier alpha value is -1.91. The maximum absolute atomic E-state index is 9.19. The zero-order valence-corrected chi connectivity index (χ0v) is 14.3. The van der Waals surface area contributed by atoms with Crippen molar-refractivity contribution in [3.8, 4) is 0 Å². The summed E-state index contributed by atoms with van der Waals surface area (Å²) in [4.78, 5) is 4.46. The zero-order valence-electron chi connectivity index (χ0n) is 12.7. The van der Waals surface area contributed by atoms with Gasteiger partial charge in [0, 0.05) is 28.4 Å². The van der Waals surface area contributed by atoms with Gasteiger partial charge in [0.1, 0.15) is 0 Å². The van der Waals surface area contributed by atoms with E-state index in [1.807, 2.05) is 42.6 Å². The summed E-state index contributed by atoms with van der Waals surface area (Å²) in [7, 11) is 0. The predicted molar refractivity (Wildman–Crippen MR) is 98.6 cm³/mol. The number of nitrogens with zero attached hydrogens (tertiary/aromatic N) is 1. The maximum atomic E-state index is 9.19. The number of rotatable bonds is 6. The molecular formula is C19H19BrN2O. The van der Waals surface area contributed by atoms with E-state index in [9.17, 15) is 5.11 Å². The highest BCUT2D eigenvalue weighted by molar-refractivity contribution is 9.10. The number of nitrogens with one attached hydrogen (secondary N) is 1. The van der Waals surface area contributed by atoms with Crippen molar-refractivity contribution in [2.24, 2.45) is 0 Å². The van der Waals surface area contributed by atoms with Crippen LogP contribution in [0.4, 0.5) is 5.69 Å². The van der Waals surface area contributed by atoms with Gasteiger partial charge in [-0.2, -0.15) is 0 Å². The first-order valence-corrected chi connectivity index (χ1v) is 8.54. The third-order valence-corrected chi connectivity index (χ3v) is 4.54. The highest BCUT2D eigenvalue weighted by Crippen LogP contribution is 2.31. The first kappa shape index (κ1) is 16.0. The molecule has 2 N–H and O–H groups in total. The molecule has 3 rings (SSSR count). The van der Waals surface area contributed by atoms with E-state index in [0.717, 1.165) is 33.9 Å². The van der Waals surface area contributed by atoms with Gasteiger partial charge in [0.25, 0.3) is 0 Å². The van der Waals surface area contributed by atoms with Gasteiger partial charge in [-0.1, -0.05) is 42.5 Å². The Morgan fingerprint density at radius 2 is 1.87 bits per heavy atom. The second kappa shape index (κ2) is 7.57. The smallest absolute Gasteiger partial charge is 0.0864 e. The molecule has 1 atom stereocenters. The molecule has 0 amide bonds. The van der Waals surface area contributed by atoms with Gasteiger partial charge >= 0.3 is 0 Å². The van der Waals surface area contributed by atoms with E-state index in [1.165, 1.54) is 5.56 Å². The molecule has 0 aliphatic rings. The summed E-state index contributed by atoms with van der Waals surface area (Å²) in [5.74, 6) is 0. The summed E-state index contributed by atoms with van der Waals surface area (Å²) in [6.07, 6.45) is 3.46. The summed E-state index contributed by atoms with van der Waals surface area (Å²) < 4.78 is 0.991. The average Bonchev–Trinajstić information content (AvgIpc) is 2.60. The number of aromatic nitrogens is 1. The molecule has 23 heavy (non-hydrogen) atoms. The van der Waals surface area contributed by atoms with E-state index >= 15 is 0 Å². The number of para-hydroxylation sites is 1. The molecule has 4 heteroatoms. The van der Waals surface area contributed by atoms with Gasteiger partial charge in [-0.15, -0.1) is 0 Å². The molecule has 0 saturated carbocycles. The Kier molecular flexibility index (Phi) is 5.26. The number of hydrogen-bond donors (Lipinski definition) is 2. The normalized spacial score (nSPS) is 12.3. The average molecular weight is 371 g/mol. The Bertz CT molecular complexity index is 777. The molecule has 0 fully saturated rings. The van der Waals surface area contributed by atoms with Crippen LogP contribution in [0, 0.1) is 0 Å². The number of anilines is 1. The van der Waals surface area contributed by atoms with Crippen molar-refractivity contribution in [1.29, 1.82) is 0 Å². The van der Waals surface area contributed by atoms with Crippen molar-refractivity contribution in [3.05, 3.63) is 70.8 Å². The van der Waals surface area contributed by atoms with E-state index in [1.54, 1.807) is 0 Å². The van der Waals surface area contributed by atoms with E-state index in [4.69, 9.17) is 0 Å². The predicted octanol–water partition coefficient (Wildman–Crippen LogP) is 4.92. The Morgan fingerprint density at radius 3 is 2.65 bits per heavy atom. The van der Waals surface area contributed by atoms with Crippen molar-refractivity contribution in [3.63, 3.8) is 0 Å². The number of fused-ring (bicyclic) bond motifs is 1. The number of benzene rings is 2. The van der Waals surface area contributed by atoms with Gasteiger partial charge in [0.15, 0.2) is 0 Å². The highest BCUT2D eigenvalue weighted by atomic mass is 79.9. The van der Waals surface area contributed by atoms with Gasteiger partial charge in [0.05, 0.1) is 11.6 Å². The molecule has 0 spiro atoms. The number of aliphatic hydroxyl groups excluding tert-OH is 1. The van der Waals surface area contributed by atoms with Gasteiger partial charge in [0.2, 0.25) is 0 Å². The third kappa shape index (κ3) is 3.71. The molecule has 0 aliphatic carbocycles. The molecule has 0 aliphatic heterocycles. The Morgan fingerprint density at radius 1 is 1.04 bits per heavy atom. The Labute approximate surface area is 144 Å². The van der Waals surface area contributed by atoms with Crippen LogP contribution in [0.2, 0.25) is 0 Å². The van der Waals surface area contributed by atoms with E-state index in [-0.39, 0.29) is 12.6 Å². The SMILES string of the molecule is OCCCC(Nc1ccnc2c(Br)cccc12)c1ccccc1. The Balaban J connectivity index is 1.95. The van der Waals surface area contributed by atoms with Crippen LogP contribution in [0.25, 0.3) is 10.9 Å². The third-order valence-electron chi connectivity index (χ3n) is 3.90. The van der Waals surface area contributed by atoms with Crippen LogP contribution in [0.1, 0.15) is 24.4 Å². The number of aliphatic hydroxyl groups is 1. The lowest BCUT2D eigenvalue weighted by molar-refractivity contribution is 0.281. The molecule has 1 aromatic heterocycles. The number of halogens is 1. The summed E-state index contributed by atoms with van der Waals surface area (Å²) in [6, 6.07) is 18.6. The molecule has 1 unspecified atom stereocenters. The molecule has 0 saturated heterocycles. The first-order chi connectivity index (χ1) is 11.3. The largest absolute Gasteiger partial charge is 0.396 e. The number of pyridine rings is 1. The highest BCUT2D eigenvalue weighted by Gasteiger charge is 2.13. The lowest BCUT2D eigenvalue weighted by Crippen LogP contribution is -2.12. The van der Waals surface area contributed by atoms with E-state index in [2.05, 4.69) is 44.4 Å². The van der Waals surface area contributed by atoms with Crippen LogP contribution in [0.3, 0.4) is 0 Å². The van der Waals surface area contributed by atoms with Crippen LogP contribution in [-0.4, -0.2) is 16.7 Å². The van der Waals surface area contributed by atoms with Crippen molar-refractivity contribution < 1.29 is 5.11 Å². The monoisotopic (exact) mass is 370 g/mol. The minimum atomic E-state index is 0.160. The molecule has 0 bridgehead atoms. The second-order valence-corrected chi connectivity index (χ2v) is 6.32. The van der Waals surface area contributed by atoms with Gasteiger partial charge in [-0.25, -0.2) is 0 Å². The molecule has 3 aromatic rings. The van der Waals surface area contributed by atoms with Crippen LogP contribution >= 0.6 is 15.9 Å². The molecular weight excluding hydrogens is 352 g/mol. The van der Waals surface area contributed by atoms with Crippen LogP contribution in [0.5, 0.6) is 0 Å². The molecule has 3 nitrogen and oxygen atoms in total. The summed E-state index contributed by atoms with van der Waals surface area (Å²) in [5.41, 5.74) is 3.23. The van der Waals surface area contributed by atoms with Gasteiger partial charge < -0.3 is 10.4 Å². The fourth-order valence-corrected chi connectivity index (χ4v) is 3.23. The standard InChI is InChI=1S/C19H19BrN2O/c20-16-9-4-8-15-18(11-12-21-19(15)16)22-17(10-5-13-23)14-6-2-1-3-7-14/h1-4,6-9,11-12,17,23H,5,10,13H2,(H,21,22). The summed E-state index contributed by atoms with van der Waals surface area (Å²) in [6.45, 7) is 0.202. The van der Waals surface area contributed by atoms with Gasteiger partial charge in [-0.05, 0) is 46.5 Å². The topological polar surface area (TPSA) is 45.1 Å². The fraction of sp³-hybridized carbons (Fsp3) is 0.211. The molecule has 2 aromatic carbocycles. The lowest BCUT2D eigenvalue weighted by Gasteiger charge is -2.21. The second-order valence-electron chi connectivity index (χ2n) is 5.47. The molecule has 0 radical (unpaired) electrons. The molecule has 1 heterocycles. The molecule has 118 valence electrons. The van der Waals surface area contributed by atoms with Crippen LogP contribution in [0.15, 0.2) is 65.3 Å². The van der Waals surface area contributed by atoms with Crippen molar-refractivity contribution in [2.75, 3.05) is 11.9 Å². The van der Waals surface area contributed by atoms with E-state index in [0.29, 0.717) is 0 Å². The minimum Gasteiger partial charge on any atom is -0.396 e. The minimum absolute atomic E-state index is 0.160. The van der Waals surface area contributed by atoms with E-state index < -0.39 is 0 Å². The fourth-order valence-electron chi connectivity index (χ4n) is 2.76. The van der Waals surface area contributed by atoms with Crippen LogP contribution < -0.4 is 5.32 Å². The van der Waals surface area contributed by atoms with Crippen molar-refractivity contribution in [1.82, 2.24) is 4.98 Å². The summed E-state index contributed by atoms with van der Waals surface area (Å²) in [5, 5.41) is 13.9. The number of hydrogen-bond acceptors (Lipinski definition) is 3.